The first kappa shape index (κ1) is 17.9. The van der Waals surface area contributed by atoms with Crippen molar-refractivity contribution in [2.24, 2.45) is 0 Å². The number of rotatable bonds is 4. The highest BCUT2D eigenvalue weighted by atomic mass is 35.5. The predicted molar refractivity (Wildman–Crippen MR) is 106 cm³/mol. The van der Waals surface area contributed by atoms with Crippen molar-refractivity contribution in [2.75, 3.05) is 11.1 Å². The fourth-order valence-electron chi connectivity index (χ4n) is 2.20. The number of benzene rings is 2. The number of nitrogens with one attached hydrogen (secondary N) is 1. The van der Waals surface area contributed by atoms with Crippen molar-refractivity contribution in [3.63, 3.8) is 0 Å². The zero-order chi connectivity index (χ0) is 18.5. The number of nitrogens with two attached hydrogens (primary N) is 1. The van der Waals surface area contributed by atoms with Crippen molar-refractivity contribution < 1.29 is 4.79 Å². The number of anilines is 2. The van der Waals surface area contributed by atoms with Gasteiger partial charge in [0, 0.05) is 5.69 Å². The molecule has 3 rings (SSSR count). The monoisotopic (exact) mass is 384 g/mol. The molecule has 0 aliphatic heterocycles. The van der Waals surface area contributed by atoms with Crippen molar-refractivity contribution in [3.05, 3.63) is 81.6 Å². The standard InChI is InChI=1S/C19H14Cl2N4O/c20-15-9-8-13(10-16(15)21)23-18(26)17-11-14(24-19(22)25-17)7-6-12-4-2-1-3-5-12/h1-11H,(H,23,26)(H2,22,24,25)/b7-6+. The van der Waals surface area contributed by atoms with Crippen LogP contribution in [0.4, 0.5) is 11.6 Å². The van der Waals surface area contributed by atoms with E-state index in [4.69, 9.17) is 28.9 Å². The highest BCUT2D eigenvalue weighted by molar-refractivity contribution is 6.42. The molecule has 0 radical (unpaired) electrons. The van der Waals surface area contributed by atoms with E-state index in [-0.39, 0.29) is 11.6 Å². The van der Waals surface area contributed by atoms with Crippen LogP contribution in [0.2, 0.25) is 10.0 Å². The fourth-order valence-corrected chi connectivity index (χ4v) is 2.50. The van der Waals surface area contributed by atoms with Gasteiger partial charge in [-0.05, 0) is 35.9 Å². The van der Waals surface area contributed by atoms with E-state index in [0.717, 1.165) is 5.56 Å². The second-order valence-corrected chi connectivity index (χ2v) is 6.18. The quantitative estimate of drug-likeness (QED) is 0.677. The summed E-state index contributed by atoms with van der Waals surface area (Å²) in [6.45, 7) is 0. The lowest BCUT2D eigenvalue weighted by molar-refractivity contribution is 0.102. The highest BCUT2D eigenvalue weighted by Gasteiger charge is 2.11. The minimum absolute atomic E-state index is 0.0134. The van der Waals surface area contributed by atoms with Gasteiger partial charge in [-0.15, -0.1) is 0 Å². The first-order valence-electron chi connectivity index (χ1n) is 7.65. The van der Waals surface area contributed by atoms with Crippen LogP contribution in [-0.4, -0.2) is 15.9 Å². The molecule has 0 spiro atoms. The molecule has 5 nitrogen and oxygen atoms in total. The molecular weight excluding hydrogens is 371 g/mol. The summed E-state index contributed by atoms with van der Waals surface area (Å²) in [6, 6.07) is 16.1. The van der Waals surface area contributed by atoms with Crippen molar-refractivity contribution in [3.8, 4) is 0 Å². The number of amides is 1. The van der Waals surface area contributed by atoms with Gasteiger partial charge in [0.2, 0.25) is 5.95 Å². The molecule has 0 aliphatic carbocycles. The Labute approximate surface area is 160 Å². The summed E-state index contributed by atoms with van der Waals surface area (Å²) in [4.78, 5) is 20.5. The molecule has 7 heteroatoms. The molecular formula is C19H14Cl2N4O. The van der Waals surface area contributed by atoms with Crippen LogP contribution in [0.3, 0.4) is 0 Å². The Hall–Kier alpha value is -2.89. The van der Waals surface area contributed by atoms with E-state index in [1.54, 1.807) is 30.3 Å². The van der Waals surface area contributed by atoms with Crippen LogP contribution in [-0.2, 0) is 0 Å². The van der Waals surface area contributed by atoms with Gasteiger partial charge in [-0.1, -0.05) is 59.6 Å². The van der Waals surface area contributed by atoms with E-state index >= 15 is 0 Å². The van der Waals surface area contributed by atoms with Gasteiger partial charge in [0.1, 0.15) is 5.69 Å². The maximum Gasteiger partial charge on any atom is 0.274 e. The third-order valence-electron chi connectivity index (χ3n) is 3.42. The summed E-state index contributed by atoms with van der Waals surface area (Å²) in [5.74, 6) is -0.411. The molecule has 0 bridgehead atoms. The average molecular weight is 385 g/mol. The van der Waals surface area contributed by atoms with E-state index < -0.39 is 5.91 Å². The average Bonchev–Trinajstić information content (AvgIpc) is 2.63. The van der Waals surface area contributed by atoms with E-state index in [9.17, 15) is 4.79 Å². The number of carbonyl (C=O) groups is 1. The van der Waals surface area contributed by atoms with E-state index in [1.807, 2.05) is 36.4 Å². The lowest BCUT2D eigenvalue weighted by Crippen LogP contribution is -2.15. The number of hydrogen-bond donors (Lipinski definition) is 2. The zero-order valence-electron chi connectivity index (χ0n) is 13.5. The van der Waals surface area contributed by atoms with Gasteiger partial charge >= 0.3 is 0 Å². The molecule has 0 saturated carbocycles. The normalized spacial score (nSPS) is 10.8. The van der Waals surface area contributed by atoms with Gasteiger partial charge in [-0.3, -0.25) is 4.79 Å². The van der Waals surface area contributed by atoms with Gasteiger partial charge < -0.3 is 11.1 Å². The fraction of sp³-hybridized carbons (Fsp3) is 0. The summed E-state index contributed by atoms with van der Waals surface area (Å²) in [6.07, 6.45) is 3.64. The number of halogens is 2. The molecule has 3 N–H and O–H groups in total. The van der Waals surface area contributed by atoms with E-state index in [0.29, 0.717) is 21.4 Å². The minimum atomic E-state index is -0.424. The minimum Gasteiger partial charge on any atom is -0.368 e. The number of aromatic nitrogens is 2. The summed E-state index contributed by atoms with van der Waals surface area (Å²) in [7, 11) is 0. The second-order valence-electron chi connectivity index (χ2n) is 5.36. The zero-order valence-corrected chi connectivity index (χ0v) is 15.0. The molecule has 0 saturated heterocycles. The Bertz CT molecular complexity index is 975. The Kier molecular flexibility index (Phi) is 5.51. The van der Waals surface area contributed by atoms with Gasteiger partial charge in [0.15, 0.2) is 0 Å². The number of nitrogen functional groups attached to an aromatic ring is 1. The summed E-state index contributed by atoms with van der Waals surface area (Å²) >= 11 is 11.8. The largest absolute Gasteiger partial charge is 0.368 e. The molecule has 26 heavy (non-hydrogen) atoms. The Morgan fingerprint density at radius 1 is 0.962 bits per heavy atom. The number of carbonyl (C=O) groups excluding carboxylic acids is 1. The van der Waals surface area contributed by atoms with Crippen LogP contribution in [0.5, 0.6) is 0 Å². The van der Waals surface area contributed by atoms with Crippen LogP contribution in [0, 0.1) is 0 Å². The first-order valence-corrected chi connectivity index (χ1v) is 8.41. The molecule has 130 valence electrons. The van der Waals surface area contributed by atoms with Crippen LogP contribution in [0.15, 0.2) is 54.6 Å². The first-order chi connectivity index (χ1) is 12.5. The van der Waals surface area contributed by atoms with Crippen molar-refractivity contribution in [2.45, 2.75) is 0 Å². The molecule has 2 aromatic carbocycles. The molecule has 0 fully saturated rings. The number of hydrogen-bond acceptors (Lipinski definition) is 4. The van der Waals surface area contributed by atoms with Gasteiger partial charge in [-0.25, -0.2) is 9.97 Å². The Morgan fingerprint density at radius 3 is 2.46 bits per heavy atom. The SMILES string of the molecule is Nc1nc(/C=C/c2ccccc2)cc(C(=O)Nc2ccc(Cl)c(Cl)c2)n1. The van der Waals surface area contributed by atoms with Crippen molar-refractivity contribution in [1.82, 2.24) is 9.97 Å². The third-order valence-corrected chi connectivity index (χ3v) is 4.16. The predicted octanol–water partition coefficient (Wildman–Crippen LogP) is 4.79. The van der Waals surface area contributed by atoms with E-state index in [2.05, 4.69) is 15.3 Å². The van der Waals surface area contributed by atoms with Crippen molar-refractivity contribution >= 4 is 52.9 Å². The molecule has 1 aromatic heterocycles. The van der Waals surface area contributed by atoms with Crippen LogP contribution >= 0.6 is 23.2 Å². The van der Waals surface area contributed by atoms with E-state index in [1.165, 1.54) is 0 Å². The van der Waals surface area contributed by atoms with Crippen LogP contribution < -0.4 is 11.1 Å². The maximum atomic E-state index is 12.4. The molecule has 0 aliphatic rings. The highest BCUT2D eigenvalue weighted by Crippen LogP contribution is 2.25. The summed E-state index contributed by atoms with van der Waals surface area (Å²) in [5, 5.41) is 3.45. The Balaban J connectivity index is 1.81. The molecule has 1 heterocycles. The van der Waals surface area contributed by atoms with Crippen molar-refractivity contribution in [1.29, 1.82) is 0 Å². The topological polar surface area (TPSA) is 80.9 Å². The molecule has 0 unspecified atom stereocenters. The van der Waals surface area contributed by atoms with Crippen LogP contribution in [0.25, 0.3) is 12.2 Å². The smallest absolute Gasteiger partial charge is 0.274 e. The Morgan fingerprint density at radius 2 is 1.73 bits per heavy atom. The third kappa shape index (κ3) is 4.59. The number of nitrogens with zero attached hydrogens (tertiary/aromatic N) is 2. The lowest BCUT2D eigenvalue weighted by Gasteiger charge is -2.07. The van der Waals surface area contributed by atoms with Gasteiger partial charge in [-0.2, -0.15) is 0 Å². The lowest BCUT2D eigenvalue weighted by atomic mass is 10.2. The molecule has 0 atom stereocenters. The summed E-state index contributed by atoms with van der Waals surface area (Å²) < 4.78 is 0. The second kappa shape index (κ2) is 7.99. The molecule has 3 aromatic rings. The van der Waals surface area contributed by atoms with Gasteiger partial charge in [0.25, 0.3) is 5.91 Å². The van der Waals surface area contributed by atoms with Gasteiger partial charge in [0.05, 0.1) is 15.7 Å². The van der Waals surface area contributed by atoms with Crippen LogP contribution in [0.1, 0.15) is 21.7 Å². The summed E-state index contributed by atoms with van der Waals surface area (Å²) in [5.41, 5.74) is 7.92. The maximum absolute atomic E-state index is 12.4. The molecule has 1 amide bonds.